The summed E-state index contributed by atoms with van der Waals surface area (Å²) >= 11 is 0. The average molecular weight is 767 g/mol. The SMILES string of the molecule is CC(C)(c1ccccc1)c1ccc[c-]c1-c1ccccn1.[2H]C([2H])(c1ccccc1)c1ccnc(-c2[c-]ccc(C(C)(C)C)c2)c1.[Ir]. The molecule has 229 valence electrons. The summed E-state index contributed by atoms with van der Waals surface area (Å²) in [6.07, 6.45) is 1.93. The summed E-state index contributed by atoms with van der Waals surface area (Å²) in [6, 6.07) is 48.2. The Morgan fingerprint density at radius 3 is 1.98 bits per heavy atom. The Hall–Kier alpha value is -4.17. The second-order valence-electron chi connectivity index (χ2n) is 12.3. The van der Waals surface area contributed by atoms with Crippen LogP contribution in [0, 0.1) is 12.1 Å². The van der Waals surface area contributed by atoms with Gasteiger partial charge in [-0.2, -0.15) is 0 Å². The molecule has 0 bridgehead atoms. The average Bonchev–Trinajstić information content (AvgIpc) is 3.09. The van der Waals surface area contributed by atoms with E-state index in [-0.39, 0.29) is 30.9 Å². The van der Waals surface area contributed by atoms with Crippen LogP contribution in [0.1, 0.15) is 65.2 Å². The maximum Gasteiger partial charge on any atom is 0.0365 e. The van der Waals surface area contributed by atoms with Gasteiger partial charge in [0.1, 0.15) is 0 Å². The molecule has 45 heavy (non-hydrogen) atoms. The monoisotopic (exact) mass is 767 g/mol. The third-order valence-electron chi connectivity index (χ3n) is 7.71. The Bertz CT molecular complexity index is 1870. The normalized spacial score (nSPS) is 12.1. The van der Waals surface area contributed by atoms with Crippen LogP contribution >= 0.6 is 0 Å². The first kappa shape index (κ1) is 30.8. The van der Waals surface area contributed by atoms with Gasteiger partial charge >= 0.3 is 0 Å². The predicted molar refractivity (Wildman–Crippen MR) is 184 cm³/mol. The van der Waals surface area contributed by atoms with Gasteiger partial charge in [0.25, 0.3) is 0 Å². The Kier molecular flexibility index (Phi) is 10.4. The van der Waals surface area contributed by atoms with Gasteiger partial charge in [0.2, 0.25) is 0 Å². The Labute approximate surface area is 285 Å². The molecule has 4 aromatic carbocycles. The maximum atomic E-state index is 8.54. The first-order valence-corrected chi connectivity index (χ1v) is 15.0. The number of pyridine rings is 2. The summed E-state index contributed by atoms with van der Waals surface area (Å²) in [5, 5.41) is 0. The van der Waals surface area contributed by atoms with Gasteiger partial charge in [-0.3, -0.25) is 0 Å². The third-order valence-corrected chi connectivity index (χ3v) is 7.71. The van der Waals surface area contributed by atoms with Crippen LogP contribution in [0.25, 0.3) is 22.5 Å². The number of aromatic nitrogens is 2. The number of hydrogen-bond acceptors (Lipinski definition) is 2. The van der Waals surface area contributed by atoms with Gasteiger partial charge in [-0.25, -0.2) is 0 Å². The van der Waals surface area contributed by atoms with Gasteiger partial charge < -0.3 is 9.97 Å². The minimum absolute atomic E-state index is 0. The first-order valence-electron chi connectivity index (χ1n) is 16.0. The molecule has 2 aromatic heterocycles. The summed E-state index contributed by atoms with van der Waals surface area (Å²) in [4.78, 5) is 8.93. The molecule has 0 aliphatic carbocycles. The number of benzene rings is 4. The van der Waals surface area contributed by atoms with Crippen molar-refractivity contribution < 1.29 is 22.8 Å². The van der Waals surface area contributed by atoms with Gasteiger partial charge in [-0.1, -0.05) is 113 Å². The van der Waals surface area contributed by atoms with E-state index in [0.29, 0.717) is 11.1 Å². The van der Waals surface area contributed by atoms with Gasteiger partial charge in [-0.05, 0) is 57.4 Å². The molecule has 2 heterocycles. The molecular formula is C42H40IrN2-2. The van der Waals surface area contributed by atoms with E-state index in [2.05, 4.69) is 105 Å². The zero-order valence-electron chi connectivity index (χ0n) is 28.5. The topological polar surface area (TPSA) is 25.8 Å². The van der Waals surface area contributed by atoms with Crippen molar-refractivity contribution in [3.63, 3.8) is 0 Å². The molecule has 6 rings (SSSR count). The molecule has 0 saturated carbocycles. The van der Waals surface area contributed by atoms with Gasteiger partial charge in [-0.15, -0.1) is 70.8 Å². The van der Waals surface area contributed by atoms with Crippen molar-refractivity contribution in [2.24, 2.45) is 0 Å². The van der Waals surface area contributed by atoms with Crippen molar-refractivity contribution >= 4 is 0 Å². The molecule has 0 aliphatic rings. The molecule has 2 nitrogen and oxygen atoms in total. The minimum Gasteiger partial charge on any atom is -0.305 e. The van der Waals surface area contributed by atoms with Crippen molar-refractivity contribution in [1.82, 2.24) is 9.97 Å². The standard InChI is InChI=1S/C22H22N.C20H18N.Ir/c1-22(2,3)20-11-7-10-19(16-20)21-15-18(12-13-23-21)14-17-8-5-4-6-9-17;1-20(2,16-10-4-3-5-11-16)18-13-7-6-12-17(18)19-14-8-9-15-21-19;/h4-9,11-13,15-16H,14H2,1-3H3;3-11,13-15H,1-2H3;/q2*-1;/i14D2;;. The Morgan fingerprint density at radius 2 is 1.29 bits per heavy atom. The van der Waals surface area contributed by atoms with E-state index in [1.807, 2.05) is 79.0 Å². The molecule has 1 radical (unpaired) electrons. The van der Waals surface area contributed by atoms with Crippen LogP contribution in [0.15, 0.2) is 140 Å². The Balaban J connectivity index is 0.000000211. The van der Waals surface area contributed by atoms with Crippen LogP contribution in [0.3, 0.4) is 0 Å². The zero-order valence-corrected chi connectivity index (χ0v) is 28.9. The molecule has 0 amide bonds. The first-order chi connectivity index (χ1) is 22.0. The summed E-state index contributed by atoms with van der Waals surface area (Å²) in [5.41, 5.74) is 8.60. The molecule has 0 spiro atoms. The fraction of sp³-hybridized carbons (Fsp3) is 0.190. The van der Waals surface area contributed by atoms with Crippen molar-refractivity contribution in [1.29, 1.82) is 0 Å². The summed E-state index contributed by atoms with van der Waals surface area (Å²) < 4.78 is 17.1. The second-order valence-corrected chi connectivity index (χ2v) is 12.3. The molecule has 6 aromatic rings. The number of hydrogen-bond donors (Lipinski definition) is 0. The van der Waals surface area contributed by atoms with Gasteiger partial charge in [0, 0.05) is 35.2 Å². The maximum absolute atomic E-state index is 8.54. The summed E-state index contributed by atoms with van der Waals surface area (Å²) in [6.45, 7) is 11.0. The van der Waals surface area contributed by atoms with Crippen LogP contribution in [0.4, 0.5) is 0 Å². The fourth-order valence-corrected chi connectivity index (χ4v) is 5.12. The van der Waals surface area contributed by atoms with E-state index >= 15 is 0 Å². The molecule has 0 N–H and O–H groups in total. The summed E-state index contributed by atoms with van der Waals surface area (Å²) in [7, 11) is 0. The van der Waals surface area contributed by atoms with Crippen LogP contribution in [-0.2, 0) is 37.3 Å². The number of nitrogens with zero attached hydrogens (tertiary/aromatic N) is 2. The fourth-order valence-electron chi connectivity index (χ4n) is 5.12. The Morgan fingerprint density at radius 1 is 0.600 bits per heavy atom. The van der Waals surface area contributed by atoms with Crippen molar-refractivity contribution in [3.05, 3.63) is 180 Å². The second kappa shape index (κ2) is 15.2. The van der Waals surface area contributed by atoms with E-state index < -0.39 is 6.37 Å². The third kappa shape index (κ3) is 8.72. The van der Waals surface area contributed by atoms with Crippen LogP contribution in [-0.4, -0.2) is 9.97 Å². The van der Waals surface area contributed by atoms with E-state index in [1.165, 1.54) is 16.7 Å². The van der Waals surface area contributed by atoms with E-state index in [1.54, 1.807) is 12.3 Å². The van der Waals surface area contributed by atoms with Crippen LogP contribution < -0.4 is 0 Å². The van der Waals surface area contributed by atoms with Crippen molar-refractivity contribution in [2.45, 2.75) is 51.8 Å². The molecule has 3 heteroatoms. The molecule has 0 saturated heterocycles. The molecule has 0 unspecified atom stereocenters. The van der Waals surface area contributed by atoms with Crippen LogP contribution in [0.5, 0.6) is 0 Å². The molecule has 0 atom stereocenters. The largest absolute Gasteiger partial charge is 0.305 e. The quantitative estimate of drug-likeness (QED) is 0.158. The number of rotatable bonds is 6. The van der Waals surface area contributed by atoms with Gasteiger partial charge in [0.05, 0.1) is 0 Å². The summed E-state index contributed by atoms with van der Waals surface area (Å²) in [5.74, 6) is 0. The van der Waals surface area contributed by atoms with Crippen molar-refractivity contribution in [3.8, 4) is 22.5 Å². The zero-order chi connectivity index (χ0) is 32.8. The predicted octanol–water partition coefficient (Wildman–Crippen LogP) is 10.3. The van der Waals surface area contributed by atoms with Gasteiger partial charge in [0.15, 0.2) is 0 Å². The van der Waals surface area contributed by atoms with E-state index in [0.717, 1.165) is 22.5 Å². The minimum atomic E-state index is -1.57. The molecule has 0 aliphatic heterocycles. The molecule has 0 fully saturated rings. The van der Waals surface area contributed by atoms with Crippen LogP contribution in [0.2, 0.25) is 0 Å². The van der Waals surface area contributed by atoms with Crippen molar-refractivity contribution in [2.75, 3.05) is 0 Å². The van der Waals surface area contributed by atoms with E-state index in [9.17, 15) is 0 Å². The smallest absolute Gasteiger partial charge is 0.0365 e. The molecular weight excluding hydrogens is 725 g/mol. The van der Waals surface area contributed by atoms with E-state index in [4.69, 9.17) is 2.74 Å².